The van der Waals surface area contributed by atoms with Gasteiger partial charge >= 0.3 is 0 Å². The molecule has 2 aromatic carbocycles. The number of rotatable bonds is 3. The third-order valence-electron chi connectivity index (χ3n) is 2.64. The molecule has 0 amide bonds. The van der Waals surface area contributed by atoms with E-state index >= 15 is 0 Å². The third kappa shape index (κ3) is 3.88. The predicted molar refractivity (Wildman–Crippen MR) is 82.6 cm³/mol. The maximum absolute atomic E-state index is 9.11. The quantitative estimate of drug-likeness (QED) is 0.633. The number of alkyl halides is 1. The van der Waals surface area contributed by atoms with Crippen molar-refractivity contribution in [1.82, 2.24) is 0 Å². The molecular weight excluding hydrogens is 314 g/mol. The molecule has 0 atom stereocenters. The van der Waals surface area contributed by atoms with E-state index < -0.39 is 0 Å². The number of ether oxygens (including phenoxy) is 1. The molecule has 0 N–H and O–H groups in total. The summed E-state index contributed by atoms with van der Waals surface area (Å²) in [7, 11) is 0. The summed E-state index contributed by atoms with van der Waals surface area (Å²) in [5, 5.41) is 9.73. The first kappa shape index (κ1) is 14.2. The summed E-state index contributed by atoms with van der Waals surface area (Å²) in [5.74, 6) is 6.50. The summed E-state index contributed by atoms with van der Waals surface area (Å²) in [6.07, 6.45) is 0. The Kier molecular flexibility index (Phi) is 5.24. The minimum atomic E-state index is 0.435. The van der Waals surface area contributed by atoms with Crippen LogP contribution in [-0.4, -0.2) is 5.33 Å². The van der Waals surface area contributed by atoms with Crippen molar-refractivity contribution in [3.8, 4) is 23.7 Å². The van der Waals surface area contributed by atoms with Gasteiger partial charge in [0, 0.05) is 5.56 Å². The van der Waals surface area contributed by atoms with Crippen LogP contribution in [0.4, 0.5) is 0 Å². The van der Waals surface area contributed by atoms with Crippen LogP contribution in [0.3, 0.4) is 0 Å². The summed E-state index contributed by atoms with van der Waals surface area (Å²) >= 11 is 3.26. The van der Waals surface area contributed by atoms with Crippen LogP contribution in [0.5, 0.6) is 5.75 Å². The Morgan fingerprint density at radius 2 is 1.90 bits per heavy atom. The Balaban J connectivity index is 2.19. The average molecular weight is 326 g/mol. The molecule has 2 nitrogen and oxygen atoms in total. The second-order valence-electron chi connectivity index (χ2n) is 4.03. The van der Waals surface area contributed by atoms with Gasteiger partial charge in [-0.15, -0.1) is 0 Å². The predicted octanol–water partition coefficient (Wildman–Crippen LogP) is 3.88. The summed E-state index contributed by atoms with van der Waals surface area (Å²) in [4.78, 5) is 0. The van der Waals surface area contributed by atoms with Crippen molar-refractivity contribution >= 4 is 15.9 Å². The highest BCUT2D eigenvalue weighted by molar-refractivity contribution is 9.09. The van der Waals surface area contributed by atoms with E-state index in [2.05, 4.69) is 33.8 Å². The molecule has 0 bridgehead atoms. The normalized spacial score (nSPS) is 9.20. The summed E-state index contributed by atoms with van der Waals surface area (Å²) in [5.41, 5.74) is 2.42. The van der Waals surface area contributed by atoms with Gasteiger partial charge in [-0.1, -0.05) is 58.1 Å². The first-order valence-electron chi connectivity index (χ1n) is 6.09. The first-order chi connectivity index (χ1) is 9.83. The van der Waals surface area contributed by atoms with Crippen LogP contribution >= 0.6 is 15.9 Å². The van der Waals surface area contributed by atoms with E-state index in [1.54, 1.807) is 12.1 Å². The Hall–Kier alpha value is -2.23. The molecule has 0 aliphatic carbocycles. The second kappa shape index (κ2) is 7.38. The minimum Gasteiger partial charge on any atom is -0.487 e. The minimum absolute atomic E-state index is 0.435. The van der Waals surface area contributed by atoms with Crippen LogP contribution < -0.4 is 4.74 Å². The summed E-state index contributed by atoms with van der Waals surface area (Å²) in [6, 6.07) is 17.3. The van der Waals surface area contributed by atoms with E-state index in [4.69, 9.17) is 10.00 Å². The number of hydrogen-bond acceptors (Lipinski definition) is 2. The van der Waals surface area contributed by atoms with E-state index in [9.17, 15) is 0 Å². The van der Waals surface area contributed by atoms with Gasteiger partial charge in [0.05, 0.1) is 10.9 Å². The summed E-state index contributed by atoms with van der Waals surface area (Å²) in [6.45, 7) is 0.435. The van der Waals surface area contributed by atoms with Crippen molar-refractivity contribution < 1.29 is 4.74 Å². The molecule has 0 fully saturated rings. The number of hydrogen-bond donors (Lipinski definition) is 0. The number of benzene rings is 2. The fourth-order valence-corrected chi connectivity index (χ4v) is 1.82. The van der Waals surface area contributed by atoms with Crippen molar-refractivity contribution in [3.05, 3.63) is 65.2 Å². The fraction of sp³-hybridized carbons (Fsp3) is 0.118. The maximum atomic E-state index is 9.11. The zero-order valence-corrected chi connectivity index (χ0v) is 12.4. The SMILES string of the molecule is N#Cc1ccc(C#CCBr)cc1OCc1ccccc1. The topological polar surface area (TPSA) is 33.0 Å². The molecule has 0 radical (unpaired) electrons. The van der Waals surface area contributed by atoms with Gasteiger partial charge in [-0.3, -0.25) is 0 Å². The molecule has 0 aromatic heterocycles. The Bertz CT molecular complexity index is 678. The lowest BCUT2D eigenvalue weighted by atomic mass is 10.1. The second-order valence-corrected chi connectivity index (χ2v) is 4.59. The van der Waals surface area contributed by atoms with E-state index in [0.717, 1.165) is 11.1 Å². The molecule has 0 aliphatic rings. The number of nitrogens with zero attached hydrogens (tertiary/aromatic N) is 1. The first-order valence-corrected chi connectivity index (χ1v) is 7.21. The lowest BCUT2D eigenvalue weighted by Crippen LogP contribution is -1.97. The van der Waals surface area contributed by atoms with Crippen LogP contribution in [0.15, 0.2) is 48.5 Å². The molecule has 0 saturated heterocycles. The fourth-order valence-electron chi connectivity index (χ4n) is 1.68. The van der Waals surface area contributed by atoms with Gasteiger partial charge in [-0.25, -0.2) is 0 Å². The Morgan fingerprint density at radius 1 is 1.10 bits per heavy atom. The molecule has 0 saturated carbocycles. The average Bonchev–Trinajstić information content (AvgIpc) is 2.52. The highest BCUT2D eigenvalue weighted by Crippen LogP contribution is 2.20. The van der Waals surface area contributed by atoms with Crippen LogP contribution in [0, 0.1) is 23.2 Å². The van der Waals surface area contributed by atoms with E-state index in [1.807, 2.05) is 36.4 Å². The van der Waals surface area contributed by atoms with Crippen LogP contribution in [-0.2, 0) is 6.61 Å². The van der Waals surface area contributed by atoms with E-state index in [0.29, 0.717) is 23.2 Å². The Labute approximate surface area is 127 Å². The van der Waals surface area contributed by atoms with Crippen LogP contribution in [0.25, 0.3) is 0 Å². The smallest absolute Gasteiger partial charge is 0.138 e. The zero-order chi connectivity index (χ0) is 14.2. The van der Waals surface area contributed by atoms with Gasteiger partial charge < -0.3 is 4.74 Å². The monoisotopic (exact) mass is 325 g/mol. The molecular formula is C17H12BrNO. The molecule has 20 heavy (non-hydrogen) atoms. The van der Waals surface area contributed by atoms with Crippen molar-refractivity contribution in [2.45, 2.75) is 6.61 Å². The summed E-state index contributed by atoms with van der Waals surface area (Å²) < 4.78 is 5.73. The van der Waals surface area contributed by atoms with Gasteiger partial charge in [0.25, 0.3) is 0 Å². The maximum Gasteiger partial charge on any atom is 0.138 e. The van der Waals surface area contributed by atoms with E-state index in [-0.39, 0.29) is 0 Å². The zero-order valence-electron chi connectivity index (χ0n) is 10.8. The van der Waals surface area contributed by atoms with Gasteiger partial charge in [0.15, 0.2) is 0 Å². The van der Waals surface area contributed by atoms with Gasteiger partial charge in [0.1, 0.15) is 18.4 Å². The van der Waals surface area contributed by atoms with Gasteiger partial charge in [0.2, 0.25) is 0 Å². The molecule has 2 aromatic rings. The van der Waals surface area contributed by atoms with Crippen molar-refractivity contribution in [2.75, 3.05) is 5.33 Å². The Morgan fingerprint density at radius 3 is 2.60 bits per heavy atom. The molecule has 0 unspecified atom stereocenters. The van der Waals surface area contributed by atoms with Crippen molar-refractivity contribution in [3.63, 3.8) is 0 Å². The molecule has 3 heteroatoms. The third-order valence-corrected chi connectivity index (χ3v) is 2.92. The number of nitriles is 1. The largest absolute Gasteiger partial charge is 0.487 e. The molecule has 0 heterocycles. The standard InChI is InChI=1S/C17H12BrNO/c18-10-4-7-14-8-9-16(12-19)17(11-14)20-13-15-5-2-1-3-6-15/h1-3,5-6,8-9,11H,10,13H2. The lowest BCUT2D eigenvalue weighted by Gasteiger charge is -2.08. The molecule has 0 aliphatic heterocycles. The van der Waals surface area contributed by atoms with Crippen molar-refractivity contribution in [2.24, 2.45) is 0 Å². The van der Waals surface area contributed by atoms with Gasteiger partial charge in [-0.05, 0) is 23.8 Å². The molecule has 98 valence electrons. The van der Waals surface area contributed by atoms with Crippen LogP contribution in [0.2, 0.25) is 0 Å². The molecule has 0 spiro atoms. The lowest BCUT2D eigenvalue weighted by molar-refractivity contribution is 0.305. The van der Waals surface area contributed by atoms with E-state index in [1.165, 1.54) is 0 Å². The highest BCUT2D eigenvalue weighted by Gasteiger charge is 2.04. The molecule has 2 rings (SSSR count). The van der Waals surface area contributed by atoms with Gasteiger partial charge in [-0.2, -0.15) is 5.26 Å². The highest BCUT2D eigenvalue weighted by atomic mass is 79.9. The van der Waals surface area contributed by atoms with Crippen LogP contribution in [0.1, 0.15) is 16.7 Å². The van der Waals surface area contributed by atoms with Crippen molar-refractivity contribution in [1.29, 1.82) is 5.26 Å². The number of halogens is 1.